The Bertz CT molecular complexity index is 303. The lowest BCUT2D eigenvalue weighted by Gasteiger charge is -2.17. The summed E-state index contributed by atoms with van der Waals surface area (Å²) in [5.41, 5.74) is 0. The normalized spacial score (nSPS) is 20.1. The Morgan fingerprint density at radius 2 is 2.38 bits per heavy atom. The van der Waals surface area contributed by atoms with Gasteiger partial charge in [-0.3, -0.25) is 0 Å². The van der Waals surface area contributed by atoms with Crippen molar-refractivity contribution in [1.82, 2.24) is 5.32 Å². The zero-order valence-corrected chi connectivity index (χ0v) is 10.6. The van der Waals surface area contributed by atoms with E-state index in [0.717, 1.165) is 12.5 Å². The molecule has 1 nitrogen and oxygen atoms in total. The molecule has 1 aromatic rings. The van der Waals surface area contributed by atoms with E-state index in [0.29, 0.717) is 0 Å². The van der Waals surface area contributed by atoms with Gasteiger partial charge < -0.3 is 5.32 Å². The van der Waals surface area contributed by atoms with E-state index in [1.165, 1.54) is 43.5 Å². The van der Waals surface area contributed by atoms with Crippen molar-refractivity contribution in [2.75, 3.05) is 13.1 Å². The summed E-state index contributed by atoms with van der Waals surface area (Å²) in [6.07, 6.45) is 11.1. The van der Waals surface area contributed by atoms with Crippen molar-refractivity contribution in [3.8, 4) is 0 Å². The van der Waals surface area contributed by atoms with E-state index in [-0.39, 0.29) is 0 Å². The maximum absolute atomic E-state index is 3.59. The molecule has 0 aliphatic heterocycles. The average Bonchev–Trinajstić information content (AvgIpc) is 2.83. The second-order valence-electron chi connectivity index (χ2n) is 4.54. The molecule has 2 rings (SSSR count). The Hall–Kier alpha value is -0.600. The van der Waals surface area contributed by atoms with Crippen LogP contribution in [0.1, 0.15) is 30.6 Å². The zero-order chi connectivity index (χ0) is 11.1. The molecule has 0 bridgehead atoms. The molecule has 1 aliphatic rings. The first-order valence-electron chi connectivity index (χ1n) is 6.33. The van der Waals surface area contributed by atoms with Gasteiger partial charge in [0.05, 0.1) is 0 Å². The van der Waals surface area contributed by atoms with Gasteiger partial charge in [-0.1, -0.05) is 18.2 Å². The fourth-order valence-corrected chi connectivity index (χ4v) is 2.94. The molecule has 1 N–H and O–H groups in total. The van der Waals surface area contributed by atoms with Crippen LogP contribution < -0.4 is 5.32 Å². The molecule has 1 unspecified atom stereocenters. The van der Waals surface area contributed by atoms with Crippen LogP contribution in [0.5, 0.6) is 0 Å². The van der Waals surface area contributed by atoms with Crippen LogP contribution in [-0.4, -0.2) is 13.1 Å². The topological polar surface area (TPSA) is 12.0 Å². The highest BCUT2D eigenvalue weighted by Crippen LogP contribution is 2.16. The second kappa shape index (κ2) is 6.87. The highest BCUT2D eigenvalue weighted by Gasteiger charge is 2.08. The summed E-state index contributed by atoms with van der Waals surface area (Å²) in [6, 6.07) is 4.37. The molecule has 2 heteroatoms. The maximum Gasteiger partial charge on any atom is 0.00457 e. The van der Waals surface area contributed by atoms with Gasteiger partial charge in [0.2, 0.25) is 0 Å². The van der Waals surface area contributed by atoms with Gasteiger partial charge >= 0.3 is 0 Å². The summed E-state index contributed by atoms with van der Waals surface area (Å²) in [7, 11) is 0. The molecular formula is C14H21NS. The third-order valence-corrected chi connectivity index (χ3v) is 4.10. The SMILES string of the molecule is C1=CCC(CNCCCc2cccs2)CC1. The van der Waals surface area contributed by atoms with Crippen LogP contribution in [0.25, 0.3) is 0 Å². The highest BCUT2D eigenvalue weighted by atomic mass is 32.1. The van der Waals surface area contributed by atoms with Gasteiger partial charge in [0, 0.05) is 4.88 Å². The van der Waals surface area contributed by atoms with Gasteiger partial charge in [-0.2, -0.15) is 0 Å². The molecule has 0 saturated heterocycles. The molecule has 1 atom stereocenters. The monoisotopic (exact) mass is 235 g/mol. The second-order valence-corrected chi connectivity index (χ2v) is 5.57. The van der Waals surface area contributed by atoms with Crippen LogP contribution in [0.3, 0.4) is 0 Å². The lowest BCUT2D eigenvalue weighted by atomic mass is 9.94. The molecule has 1 aliphatic carbocycles. The third kappa shape index (κ3) is 4.11. The Balaban J connectivity index is 1.50. The summed E-state index contributed by atoms with van der Waals surface area (Å²) in [4.78, 5) is 1.52. The van der Waals surface area contributed by atoms with Crippen LogP contribution >= 0.6 is 11.3 Å². The first-order chi connectivity index (χ1) is 7.95. The Labute approximate surface area is 103 Å². The number of hydrogen-bond donors (Lipinski definition) is 1. The number of aryl methyl sites for hydroxylation is 1. The molecule has 16 heavy (non-hydrogen) atoms. The third-order valence-electron chi connectivity index (χ3n) is 3.17. The quantitative estimate of drug-likeness (QED) is 0.586. The fraction of sp³-hybridized carbons (Fsp3) is 0.571. The molecule has 0 amide bonds. The predicted octanol–water partition coefficient (Wildman–Crippen LogP) is 3.63. The summed E-state index contributed by atoms with van der Waals surface area (Å²) >= 11 is 1.87. The molecule has 1 heterocycles. The van der Waals surface area contributed by atoms with E-state index in [4.69, 9.17) is 0 Å². The van der Waals surface area contributed by atoms with Crippen LogP contribution in [0.15, 0.2) is 29.7 Å². The van der Waals surface area contributed by atoms with Crippen LogP contribution in [0.4, 0.5) is 0 Å². The molecule has 1 aromatic heterocycles. The van der Waals surface area contributed by atoms with Gasteiger partial charge in [-0.25, -0.2) is 0 Å². The van der Waals surface area contributed by atoms with Crippen LogP contribution in [0.2, 0.25) is 0 Å². The Morgan fingerprint density at radius 3 is 3.12 bits per heavy atom. The number of allylic oxidation sites excluding steroid dienone is 2. The highest BCUT2D eigenvalue weighted by molar-refractivity contribution is 7.09. The first-order valence-corrected chi connectivity index (χ1v) is 7.21. The Kier molecular flexibility index (Phi) is 5.10. The zero-order valence-electron chi connectivity index (χ0n) is 9.82. The van der Waals surface area contributed by atoms with Crippen molar-refractivity contribution >= 4 is 11.3 Å². The maximum atomic E-state index is 3.59. The lowest BCUT2D eigenvalue weighted by Crippen LogP contribution is -2.24. The molecular weight excluding hydrogens is 214 g/mol. The number of rotatable bonds is 6. The number of thiophene rings is 1. The van der Waals surface area contributed by atoms with Crippen molar-refractivity contribution < 1.29 is 0 Å². The molecule has 0 spiro atoms. The fourth-order valence-electron chi connectivity index (χ4n) is 2.19. The van der Waals surface area contributed by atoms with Crippen LogP contribution in [-0.2, 0) is 6.42 Å². The van der Waals surface area contributed by atoms with Gasteiger partial charge in [-0.05, 0) is 62.6 Å². The Morgan fingerprint density at radius 1 is 1.38 bits per heavy atom. The van der Waals surface area contributed by atoms with Crippen molar-refractivity contribution in [2.24, 2.45) is 5.92 Å². The summed E-state index contributed by atoms with van der Waals surface area (Å²) in [6.45, 7) is 2.37. The van der Waals surface area contributed by atoms with Crippen molar-refractivity contribution in [1.29, 1.82) is 0 Å². The minimum atomic E-state index is 0.881. The molecule has 0 radical (unpaired) electrons. The van der Waals surface area contributed by atoms with E-state index < -0.39 is 0 Å². The van der Waals surface area contributed by atoms with Gasteiger partial charge in [0.1, 0.15) is 0 Å². The number of nitrogens with one attached hydrogen (secondary N) is 1. The summed E-state index contributed by atoms with van der Waals surface area (Å²) in [5, 5.41) is 5.75. The van der Waals surface area contributed by atoms with Gasteiger partial charge in [0.25, 0.3) is 0 Å². The van der Waals surface area contributed by atoms with Crippen molar-refractivity contribution in [3.05, 3.63) is 34.5 Å². The van der Waals surface area contributed by atoms with E-state index in [9.17, 15) is 0 Å². The van der Waals surface area contributed by atoms with E-state index in [2.05, 4.69) is 35.0 Å². The van der Waals surface area contributed by atoms with Gasteiger partial charge in [-0.15, -0.1) is 11.3 Å². The van der Waals surface area contributed by atoms with E-state index >= 15 is 0 Å². The smallest absolute Gasteiger partial charge is 0.00457 e. The lowest BCUT2D eigenvalue weighted by molar-refractivity contribution is 0.439. The van der Waals surface area contributed by atoms with E-state index in [1.54, 1.807) is 0 Å². The standard InChI is InChI=1S/C14H21NS/c1-2-6-13(7-3-1)12-15-10-4-8-14-9-5-11-16-14/h1-2,5,9,11,13,15H,3-4,6-8,10,12H2. The average molecular weight is 235 g/mol. The minimum Gasteiger partial charge on any atom is -0.316 e. The summed E-state index contributed by atoms with van der Waals surface area (Å²) in [5.74, 6) is 0.881. The van der Waals surface area contributed by atoms with Crippen LogP contribution in [0, 0.1) is 5.92 Å². The molecule has 0 fully saturated rings. The van der Waals surface area contributed by atoms with E-state index in [1.807, 2.05) is 11.3 Å². The summed E-state index contributed by atoms with van der Waals surface area (Å²) < 4.78 is 0. The predicted molar refractivity (Wildman–Crippen MR) is 72.0 cm³/mol. The minimum absolute atomic E-state index is 0.881. The largest absolute Gasteiger partial charge is 0.316 e. The molecule has 0 aromatic carbocycles. The van der Waals surface area contributed by atoms with Crippen molar-refractivity contribution in [3.63, 3.8) is 0 Å². The van der Waals surface area contributed by atoms with Crippen molar-refractivity contribution in [2.45, 2.75) is 32.1 Å². The molecule has 88 valence electrons. The number of hydrogen-bond acceptors (Lipinski definition) is 2. The molecule has 0 saturated carbocycles. The van der Waals surface area contributed by atoms with Gasteiger partial charge in [0.15, 0.2) is 0 Å². The first kappa shape index (κ1) is 11.9.